The average Bonchev–Trinajstić information content (AvgIpc) is 2.72. The lowest BCUT2D eigenvalue weighted by molar-refractivity contribution is -0.0137. The monoisotopic (exact) mass is 328 g/mol. The zero-order valence-electron chi connectivity index (χ0n) is 14.5. The van der Waals surface area contributed by atoms with Crippen LogP contribution in [-0.4, -0.2) is 12.7 Å². The topological polar surface area (TPSA) is 9.23 Å². The molecule has 0 radical (unpaired) electrons. The minimum Gasteiger partial charge on any atom is -0.377 e. The maximum Gasteiger partial charge on any atom is 0.0753 e. The normalized spacial score (nSPS) is 18.0. The first-order valence-electron chi connectivity index (χ1n) is 9.20. The molecule has 1 unspecified atom stereocenters. The Labute approximate surface area is 150 Å². The van der Waals surface area contributed by atoms with E-state index in [1.165, 1.54) is 23.1 Å². The lowest BCUT2D eigenvalue weighted by Crippen LogP contribution is -2.45. The summed E-state index contributed by atoms with van der Waals surface area (Å²) in [5.74, 6) is 0. The summed E-state index contributed by atoms with van der Waals surface area (Å²) >= 11 is 0. The van der Waals surface area contributed by atoms with Gasteiger partial charge in [0.2, 0.25) is 0 Å². The quantitative estimate of drug-likeness (QED) is 0.567. The van der Waals surface area contributed by atoms with Crippen molar-refractivity contribution < 1.29 is 4.74 Å². The smallest absolute Gasteiger partial charge is 0.0753 e. The molecule has 1 aliphatic rings. The third-order valence-corrected chi connectivity index (χ3v) is 5.35. The van der Waals surface area contributed by atoms with Crippen LogP contribution >= 0.6 is 0 Å². The van der Waals surface area contributed by atoms with E-state index in [-0.39, 0.29) is 11.5 Å². The highest BCUT2D eigenvalue weighted by Crippen LogP contribution is 2.45. The molecular weight excluding hydrogens is 304 g/mol. The standard InChI is InChI=1S/C24H24O/c1-4-12-20(13-5-1)24(21-14-6-2-7-15-21,22-16-8-3-9-17-22)23-18-10-11-19-25-23/h1-9,12-17,23H,10-11,18-19H2. The van der Waals surface area contributed by atoms with Crippen LogP contribution in [0.3, 0.4) is 0 Å². The first-order valence-corrected chi connectivity index (χ1v) is 9.20. The summed E-state index contributed by atoms with van der Waals surface area (Å²) in [4.78, 5) is 0. The van der Waals surface area contributed by atoms with E-state index in [9.17, 15) is 0 Å². The molecule has 1 saturated heterocycles. The summed E-state index contributed by atoms with van der Waals surface area (Å²) in [7, 11) is 0. The summed E-state index contributed by atoms with van der Waals surface area (Å²) in [6.45, 7) is 0.846. The highest BCUT2D eigenvalue weighted by Gasteiger charge is 2.44. The first kappa shape index (κ1) is 16.1. The number of rotatable bonds is 4. The van der Waals surface area contributed by atoms with Gasteiger partial charge in [-0.2, -0.15) is 0 Å². The Morgan fingerprint density at radius 1 is 0.600 bits per heavy atom. The Balaban J connectivity index is 2.01. The Morgan fingerprint density at radius 3 is 1.40 bits per heavy atom. The van der Waals surface area contributed by atoms with Gasteiger partial charge in [0.1, 0.15) is 0 Å². The lowest BCUT2D eigenvalue weighted by atomic mass is 9.64. The molecule has 1 nitrogen and oxygen atoms in total. The predicted molar refractivity (Wildman–Crippen MR) is 103 cm³/mol. The molecule has 0 spiro atoms. The van der Waals surface area contributed by atoms with Crippen LogP contribution in [0.4, 0.5) is 0 Å². The number of hydrogen-bond donors (Lipinski definition) is 0. The van der Waals surface area contributed by atoms with Gasteiger partial charge >= 0.3 is 0 Å². The highest BCUT2D eigenvalue weighted by atomic mass is 16.5. The molecule has 1 atom stereocenters. The first-order chi connectivity index (χ1) is 12.4. The molecule has 4 rings (SSSR count). The van der Waals surface area contributed by atoms with E-state index in [0.29, 0.717) is 0 Å². The van der Waals surface area contributed by atoms with E-state index < -0.39 is 0 Å². The van der Waals surface area contributed by atoms with Gasteiger partial charge in [-0.25, -0.2) is 0 Å². The fourth-order valence-corrected chi connectivity index (χ4v) is 4.24. The van der Waals surface area contributed by atoms with Crippen molar-refractivity contribution in [1.29, 1.82) is 0 Å². The molecule has 0 amide bonds. The van der Waals surface area contributed by atoms with Gasteiger partial charge in [0.25, 0.3) is 0 Å². The fourth-order valence-electron chi connectivity index (χ4n) is 4.24. The van der Waals surface area contributed by atoms with Crippen molar-refractivity contribution in [2.75, 3.05) is 6.61 Å². The van der Waals surface area contributed by atoms with Crippen LogP contribution < -0.4 is 0 Å². The third kappa shape index (κ3) is 2.89. The van der Waals surface area contributed by atoms with Crippen LogP contribution in [0.1, 0.15) is 36.0 Å². The summed E-state index contributed by atoms with van der Waals surface area (Å²) < 4.78 is 6.41. The molecular formula is C24H24O. The van der Waals surface area contributed by atoms with Crippen LogP contribution in [0.2, 0.25) is 0 Å². The van der Waals surface area contributed by atoms with E-state index in [1.807, 2.05) is 0 Å². The van der Waals surface area contributed by atoms with Gasteiger partial charge < -0.3 is 4.74 Å². The van der Waals surface area contributed by atoms with E-state index in [2.05, 4.69) is 91.0 Å². The maximum absolute atomic E-state index is 6.41. The van der Waals surface area contributed by atoms with Crippen molar-refractivity contribution in [2.24, 2.45) is 0 Å². The van der Waals surface area contributed by atoms with Crippen molar-refractivity contribution in [3.05, 3.63) is 108 Å². The van der Waals surface area contributed by atoms with Gasteiger partial charge in [-0.05, 0) is 36.0 Å². The molecule has 126 valence electrons. The zero-order chi connectivity index (χ0) is 17.0. The van der Waals surface area contributed by atoms with Crippen LogP contribution in [0.25, 0.3) is 0 Å². The van der Waals surface area contributed by atoms with Crippen molar-refractivity contribution in [3.8, 4) is 0 Å². The average molecular weight is 328 g/mol. The highest BCUT2D eigenvalue weighted by molar-refractivity contribution is 5.52. The summed E-state index contributed by atoms with van der Waals surface area (Å²) in [5.41, 5.74) is 3.64. The Morgan fingerprint density at radius 2 is 1.04 bits per heavy atom. The molecule has 1 heteroatoms. The van der Waals surface area contributed by atoms with Crippen molar-refractivity contribution in [2.45, 2.75) is 30.8 Å². The van der Waals surface area contributed by atoms with Crippen LogP contribution in [0.15, 0.2) is 91.0 Å². The fraction of sp³-hybridized carbons (Fsp3) is 0.250. The van der Waals surface area contributed by atoms with E-state index in [4.69, 9.17) is 4.74 Å². The van der Waals surface area contributed by atoms with Gasteiger partial charge in [0.15, 0.2) is 0 Å². The molecule has 0 aliphatic carbocycles. The van der Waals surface area contributed by atoms with Crippen molar-refractivity contribution in [1.82, 2.24) is 0 Å². The summed E-state index contributed by atoms with van der Waals surface area (Å²) in [6, 6.07) is 32.6. The molecule has 0 N–H and O–H groups in total. The second-order valence-electron chi connectivity index (χ2n) is 6.76. The van der Waals surface area contributed by atoms with Gasteiger partial charge in [0.05, 0.1) is 11.5 Å². The molecule has 3 aromatic carbocycles. The summed E-state index contributed by atoms with van der Waals surface area (Å²) in [6.07, 6.45) is 3.61. The number of ether oxygens (including phenoxy) is 1. The van der Waals surface area contributed by atoms with Crippen LogP contribution in [0, 0.1) is 0 Å². The Bertz CT molecular complexity index is 677. The van der Waals surface area contributed by atoms with Crippen LogP contribution in [-0.2, 0) is 10.2 Å². The SMILES string of the molecule is c1ccc(C(c2ccccc2)(c2ccccc2)C2CCCCO2)cc1. The molecule has 1 aliphatic heterocycles. The van der Waals surface area contributed by atoms with E-state index in [1.54, 1.807) is 0 Å². The molecule has 0 saturated carbocycles. The van der Waals surface area contributed by atoms with Crippen molar-refractivity contribution in [3.63, 3.8) is 0 Å². The van der Waals surface area contributed by atoms with Gasteiger partial charge in [0, 0.05) is 6.61 Å². The van der Waals surface area contributed by atoms with Gasteiger partial charge in [-0.3, -0.25) is 0 Å². The largest absolute Gasteiger partial charge is 0.377 e. The second kappa shape index (κ2) is 7.25. The van der Waals surface area contributed by atoms with E-state index in [0.717, 1.165) is 19.4 Å². The molecule has 25 heavy (non-hydrogen) atoms. The second-order valence-corrected chi connectivity index (χ2v) is 6.76. The molecule has 1 fully saturated rings. The number of hydrogen-bond acceptors (Lipinski definition) is 1. The predicted octanol–water partition coefficient (Wildman–Crippen LogP) is 5.59. The molecule has 1 heterocycles. The Kier molecular flexibility index (Phi) is 4.67. The molecule has 3 aromatic rings. The van der Waals surface area contributed by atoms with Gasteiger partial charge in [-0.15, -0.1) is 0 Å². The van der Waals surface area contributed by atoms with E-state index >= 15 is 0 Å². The molecule has 0 bridgehead atoms. The van der Waals surface area contributed by atoms with Crippen LogP contribution in [0.5, 0.6) is 0 Å². The number of benzene rings is 3. The zero-order valence-corrected chi connectivity index (χ0v) is 14.5. The Hall–Kier alpha value is -2.38. The lowest BCUT2D eigenvalue weighted by Gasteiger charge is -2.44. The summed E-state index contributed by atoms with van der Waals surface area (Å²) in [5, 5.41) is 0. The van der Waals surface area contributed by atoms with Gasteiger partial charge in [-0.1, -0.05) is 91.0 Å². The molecule has 0 aromatic heterocycles. The maximum atomic E-state index is 6.41. The van der Waals surface area contributed by atoms with Crippen molar-refractivity contribution >= 4 is 0 Å². The third-order valence-electron chi connectivity index (χ3n) is 5.35. The minimum absolute atomic E-state index is 0.147. The minimum atomic E-state index is -0.274.